The number of carbonyl (C=O) groups is 3. The van der Waals surface area contributed by atoms with Crippen molar-refractivity contribution >= 4 is 29.7 Å². The molecule has 0 aliphatic carbocycles. The van der Waals surface area contributed by atoms with E-state index in [2.05, 4.69) is 10.6 Å². The zero-order valence-electron chi connectivity index (χ0n) is 17.7. The van der Waals surface area contributed by atoms with E-state index in [0.29, 0.717) is 11.5 Å². The van der Waals surface area contributed by atoms with Crippen LogP contribution in [-0.2, 0) is 26.7 Å². The first-order valence-electron chi connectivity index (χ1n) is 10.1. The number of primary amides is 1. The summed E-state index contributed by atoms with van der Waals surface area (Å²) in [6.45, 7) is 3.67. The Hall–Kier alpha value is -3.00. The SMILES string of the molecule is CC(C)[C@H](NC(=O)[C@@H](CSCc1ccccc1)NC(=O)OCc1ccccc1)C(N)=O. The third-order valence-electron chi connectivity index (χ3n) is 4.49. The molecule has 0 saturated heterocycles. The largest absolute Gasteiger partial charge is 0.445 e. The lowest BCUT2D eigenvalue weighted by Gasteiger charge is -2.23. The smallest absolute Gasteiger partial charge is 0.408 e. The molecule has 0 fully saturated rings. The number of nitrogens with two attached hydrogens (primary N) is 1. The van der Waals surface area contributed by atoms with E-state index in [1.54, 1.807) is 13.8 Å². The maximum atomic E-state index is 12.8. The molecule has 3 amide bonds. The molecule has 0 spiro atoms. The minimum atomic E-state index is -0.877. The molecule has 4 N–H and O–H groups in total. The van der Waals surface area contributed by atoms with Crippen molar-refractivity contribution < 1.29 is 19.1 Å². The van der Waals surface area contributed by atoms with Crippen molar-refractivity contribution in [2.75, 3.05) is 5.75 Å². The first kappa shape index (κ1) is 24.3. The van der Waals surface area contributed by atoms with Crippen molar-refractivity contribution in [1.29, 1.82) is 0 Å². The topological polar surface area (TPSA) is 111 Å². The fourth-order valence-corrected chi connectivity index (χ4v) is 3.80. The highest BCUT2D eigenvalue weighted by molar-refractivity contribution is 7.98. The summed E-state index contributed by atoms with van der Waals surface area (Å²) in [5.41, 5.74) is 7.35. The highest BCUT2D eigenvalue weighted by Crippen LogP contribution is 2.14. The Balaban J connectivity index is 1.98. The van der Waals surface area contributed by atoms with Gasteiger partial charge in [0, 0.05) is 11.5 Å². The number of thioether (sulfide) groups is 1. The van der Waals surface area contributed by atoms with Crippen molar-refractivity contribution in [3.8, 4) is 0 Å². The highest BCUT2D eigenvalue weighted by atomic mass is 32.2. The number of nitrogens with one attached hydrogen (secondary N) is 2. The fourth-order valence-electron chi connectivity index (χ4n) is 2.78. The van der Waals surface area contributed by atoms with Crippen LogP contribution in [0.4, 0.5) is 4.79 Å². The van der Waals surface area contributed by atoms with E-state index in [-0.39, 0.29) is 12.5 Å². The van der Waals surface area contributed by atoms with E-state index < -0.39 is 30.0 Å². The van der Waals surface area contributed by atoms with E-state index in [0.717, 1.165) is 11.1 Å². The van der Waals surface area contributed by atoms with Crippen LogP contribution in [0.15, 0.2) is 60.7 Å². The molecule has 8 heteroatoms. The molecule has 0 aliphatic heterocycles. The van der Waals surface area contributed by atoms with E-state index in [1.165, 1.54) is 11.8 Å². The van der Waals surface area contributed by atoms with Gasteiger partial charge in [-0.1, -0.05) is 74.5 Å². The van der Waals surface area contributed by atoms with Gasteiger partial charge in [-0.25, -0.2) is 4.79 Å². The van der Waals surface area contributed by atoms with E-state index in [1.807, 2.05) is 60.7 Å². The molecule has 0 heterocycles. The Morgan fingerprint density at radius 3 is 2.06 bits per heavy atom. The molecule has 0 aromatic heterocycles. The van der Waals surface area contributed by atoms with Crippen molar-refractivity contribution in [2.24, 2.45) is 11.7 Å². The van der Waals surface area contributed by atoms with Crippen LogP contribution in [0.3, 0.4) is 0 Å². The van der Waals surface area contributed by atoms with Crippen LogP contribution in [-0.4, -0.2) is 35.7 Å². The quantitative estimate of drug-likeness (QED) is 0.495. The van der Waals surface area contributed by atoms with Crippen molar-refractivity contribution in [2.45, 2.75) is 38.3 Å². The first-order chi connectivity index (χ1) is 14.9. The van der Waals surface area contributed by atoms with Gasteiger partial charge in [-0.15, -0.1) is 0 Å². The van der Waals surface area contributed by atoms with Crippen LogP contribution >= 0.6 is 11.8 Å². The first-order valence-corrected chi connectivity index (χ1v) is 11.2. The predicted octanol–water partition coefficient (Wildman–Crippen LogP) is 2.84. The maximum absolute atomic E-state index is 12.8. The molecule has 166 valence electrons. The third-order valence-corrected chi connectivity index (χ3v) is 5.59. The van der Waals surface area contributed by atoms with Crippen LogP contribution < -0.4 is 16.4 Å². The summed E-state index contributed by atoms with van der Waals surface area (Å²) in [6, 6.07) is 17.4. The predicted molar refractivity (Wildman–Crippen MR) is 122 cm³/mol. The summed E-state index contributed by atoms with van der Waals surface area (Å²) in [5.74, 6) is -0.288. The van der Waals surface area contributed by atoms with Gasteiger partial charge >= 0.3 is 6.09 Å². The number of benzene rings is 2. The Morgan fingerprint density at radius 1 is 0.935 bits per heavy atom. The Bertz CT molecular complexity index is 846. The van der Waals surface area contributed by atoms with Gasteiger partial charge in [0.15, 0.2) is 0 Å². The molecule has 0 aliphatic rings. The van der Waals surface area contributed by atoms with Crippen molar-refractivity contribution in [3.05, 3.63) is 71.8 Å². The zero-order valence-corrected chi connectivity index (χ0v) is 18.6. The van der Waals surface area contributed by atoms with Gasteiger partial charge in [0.2, 0.25) is 11.8 Å². The average molecular weight is 444 g/mol. The lowest BCUT2D eigenvalue weighted by molar-refractivity contribution is -0.129. The number of ether oxygens (including phenoxy) is 1. The van der Waals surface area contributed by atoms with Crippen LogP contribution in [0.2, 0.25) is 0 Å². The second kappa shape index (κ2) is 12.6. The summed E-state index contributed by atoms with van der Waals surface area (Å²) in [6.07, 6.45) is -0.704. The molecule has 0 unspecified atom stereocenters. The van der Waals surface area contributed by atoms with Crippen LogP contribution in [0.5, 0.6) is 0 Å². The van der Waals surface area contributed by atoms with Gasteiger partial charge in [-0.05, 0) is 17.0 Å². The van der Waals surface area contributed by atoms with Gasteiger partial charge in [0.05, 0.1) is 0 Å². The highest BCUT2D eigenvalue weighted by Gasteiger charge is 2.27. The number of amides is 3. The Labute approximate surface area is 187 Å². The Kier molecular flexibility index (Phi) is 9.90. The number of hydrogen-bond acceptors (Lipinski definition) is 5. The summed E-state index contributed by atoms with van der Waals surface area (Å²) in [7, 11) is 0. The molecule has 31 heavy (non-hydrogen) atoms. The van der Waals surface area contributed by atoms with Gasteiger partial charge in [-0.2, -0.15) is 11.8 Å². The monoisotopic (exact) mass is 443 g/mol. The molecule has 0 radical (unpaired) electrons. The summed E-state index contributed by atoms with van der Waals surface area (Å²) in [5, 5.41) is 5.26. The summed E-state index contributed by atoms with van der Waals surface area (Å²) < 4.78 is 5.24. The molecule has 0 bridgehead atoms. The zero-order chi connectivity index (χ0) is 22.6. The molecule has 2 aromatic carbocycles. The fraction of sp³-hybridized carbons (Fsp3) is 0.348. The van der Waals surface area contributed by atoms with Crippen molar-refractivity contribution in [3.63, 3.8) is 0 Å². The Morgan fingerprint density at radius 2 is 1.52 bits per heavy atom. The molecule has 2 atom stereocenters. The third kappa shape index (κ3) is 8.72. The minimum Gasteiger partial charge on any atom is -0.445 e. The van der Waals surface area contributed by atoms with E-state index >= 15 is 0 Å². The van der Waals surface area contributed by atoms with E-state index in [9.17, 15) is 14.4 Å². The molecule has 2 rings (SSSR count). The maximum Gasteiger partial charge on any atom is 0.408 e. The molecule has 2 aromatic rings. The second-order valence-corrected chi connectivity index (χ2v) is 8.42. The number of alkyl carbamates (subject to hydrolysis) is 1. The summed E-state index contributed by atoms with van der Waals surface area (Å²) in [4.78, 5) is 36.8. The lowest BCUT2D eigenvalue weighted by atomic mass is 10.0. The van der Waals surface area contributed by atoms with Gasteiger partial charge in [-0.3, -0.25) is 9.59 Å². The standard InChI is InChI=1S/C23H29N3O4S/c1-16(2)20(21(24)27)26-22(28)19(15-31-14-18-11-7-4-8-12-18)25-23(29)30-13-17-9-5-3-6-10-17/h3-12,16,19-20H,13-15H2,1-2H3,(H2,24,27)(H,25,29)(H,26,28)/t19-,20+/m1/s1. The number of hydrogen-bond donors (Lipinski definition) is 3. The average Bonchev–Trinajstić information content (AvgIpc) is 2.76. The molecular weight excluding hydrogens is 414 g/mol. The van der Waals surface area contributed by atoms with Gasteiger partial charge < -0.3 is 21.1 Å². The number of carbonyl (C=O) groups excluding carboxylic acids is 3. The minimum absolute atomic E-state index is 0.0913. The van der Waals surface area contributed by atoms with Crippen LogP contribution in [0.25, 0.3) is 0 Å². The molecule has 7 nitrogen and oxygen atoms in total. The number of rotatable bonds is 11. The van der Waals surface area contributed by atoms with Crippen LogP contribution in [0, 0.1) is 5.92 Å². The van der Waals surface area contributed by atoms with Crippen molar-refractivity contribution in [1.82, 2.24) is 10.6 Å². The molecule has 0 saturated carbocycles. The molecular formula is C23H29N3O4S. The van der Waals surface area contributed by atoms with Crippen LogP contribution in [0.1, 0.15) is 25.0 Å². The summed E-state index contributed by atoms with van der Waals surface area (Å²) >= 11 is 1.50. The normalized spacial score (nSPS) is 12.6. The lowest BCUT2D eigenvalue weighted by Crippen LogP contribution is -2.55. The van der Waals surface area contributed by atoms with E-state index in [4.69, 9.17) is 10.5 Å². The van der Waals surface area contributed by atoms with Gasteiger partial charge in [0.25, 0.3) is 0 Å². The second-order valence-electron chi connectivity index (χ2n) is 7.39. The van der Waals surface area contributed by atoms with Gasteiger partial charge in [0.1, 0.15) is 18.7 Å².